The Bertz CT molecular complexity index is 2010. The number of carboxylic acid groups (broad SMARTS) is 1. The van der Waals surface area contributed by atoms with E-state index in [0.29, 0.717) is 40.6 Å². The number of piperidine rings is 1. The van der Waals surface area contributed by atoms with Gasteiger partial charge in [-0.1, -0.05) is 39.7 Å². The summed E-state index contributed by atoms with van der Waals surface area (Å²) >= 11 is 15.1. The van der Waals surface area contributed by atoms with Crippen LogP contribution in [-0.4, -0.2) is 98.3 Å². The van der Waals surface area contributed by atoms with Crippen LogP contribution >= 0.6 is 46.3 Å². The van der Waals surface area contributed by atoms with E-state index in [-0.39, 0.29) is 39.7 Å². The number of oxime groups is 1. The van der Waals surface area contributed by atoms with Gasteiger partial charge < -0.3 is 25.9 Å². The molecule has 15 nitrogen and oxygen atoms in total. The predicted octanol–water partition coefficient (Wildman–Crippen LogP) is 2.89. The molecule has 1 aromatic carbocycles. The summed E-state index contributed by atoms with van der Waals surface area (Å²) in [7, 11) is 1.24. The summed E-state index contributed by atoms with van der Waals surface area (Å²) in [6, 6.07) is 4.04. The minimum absolute atomic E-state index is 0.00634. The number of fused-ring (bicyclic) bond motifs is 2. The quantitative estimate of drug-likeness (QED) is 0.113. The number of nitrogen functional groups attached to an aromatic ring is 1. The molecule has 52 heavy (non-hydrogen) atoms. The van der Waals surface area contributed by atoms with Crippen molar-refractivity contribution in [3.8, 4) is 0 Å². The number of β-lactam (4-membered cyclic amide) rings is 1. The Morgan fingerprint density at radius 1 is 1.23 bits per heavy atom. The summed E-state index contributed by atoms with van der Waals surface area (Å²) in [5.74, 6) is -1.91. The molecule has 4 N–H and O–H groups in total. The Morgan fingerprint density at radius 3 is 2.71 bits per heavy atom. The van der Waals surface area contributed by atoms with Gasteiger partial charge in [-0.2, -0.15) is 5.10 Å². The molecule has 0 spiro atoms. The first-order valence-electron chi connectivity index (χ1n) is 16.4. The minimum atomic E-state index is -1.25. The number of carbonyl (C=O) groups is 3. The summed E-state index contributed by atoms with van der Waals surface area (Å²) in [5, 5.41) is 22.9. The van der Waals surface area contributed by atoms with Gasteiger partial charge in [0.05, 0.1) is 18.8 Å². The van der Waals surface area contributed by atoms with Gasteiger partial charge in [-0.3, -0.25) is 19.5 Å². The molecular formula is C32H34Cl2FN10O5S2+. The number of aromatic nitrogens is 3. The van der Waals surface area contributed by atoms with E-state index >= 15 is 4.39 Å². The molecular weight excluding hydrogens is 758 g/mol. The van der Waals surface area contributed by atoms with Crippen LogP contribution in [0, 0.1) is 5.82 Å². The summed E-state index contributed by atoms with van der Waals surface area (Å²) in [4.78, 5) is 51.2. The first kappa shape index (κ1) is 36.0. The fraction of sp³-hybridized carbons (Fsp3) is 0.406. The smallest absolute Gasteiger partial charge is 0.352 e. The molecule has 6 heterocycles. The van der Waals surface area contributed by atoms with Crippen LogP contribution in [0.2, 0.25) is 9.36 Å². The first-order valence-corrected chi connectivity index (χ1v) is 19.0. The molecule has 3 aromatic rings. The lowest BCUT2D eigenvalue weighted by Crippen LogP contribution is -2.71. The maximum atomic E-state index is 15.4. The van der Waals surface area contributed by atoms with Gasteiger partial charge >= 0.3 is 5.97 Å². The number of hydrogen-bond donors (Lipinski definition) is 3. The van der Waals surface area contributed by atoms with E-state index < -0.39 is 35.0 Å². The third kappa shape index (κ3) is 6.91. The van der Waals surface area contributed by atoms with Crippen molar-refractivity contribution in [1.82, 2.24) is 24.9 Å². The molecule has 0 aliphatic carbocycles. The number of hydrogen-bond acceptors (Lipinski definition) is 12. The Balaban J connectivity index is 1.04. The zero-order chi connectivity index (χ0) is 36.7. The highest BCUT2D eigenvalue weighted by Gasteiger charge is 2.55. The first-order chi connectivity index (χ1) is 25.0. The van der Waals surface area contributed by atoms with Crippen LogP contribution in [0.15, 0.2) is 45.9 Å². The SMILES string of the molecule is CO/N=C(\C(=O)N[C@@H]1C(=O)N2C(C(=O)O)=C(C[n+]3ccc4n3CCN4Cc3c(F)cc(C=NN4CCCCC4)cc3Cl)CS[C@H]12)c1nc(N)sc1Cl. The summed E-state index contributed by atoms with van der Waals surface area (Å²) in [6.45, 7) is 3.38. The Kier molecular flexibility index (Phi) is 10.3. The van der Waals surface area contributed by atoms with Gasteiger partial charge in [-0.05, 0) is 37.0 Å². The van der Waals surface area contributed by atoms with E-state index in [4.69, 9.17) is 33.8 Å². The number of thiazole rings is 1. The van der Waals surface area contributed by atoms with Crippen LogP contribution in [0.25, 0.3) is 0 Å². The molecule has 0 unspecified atom stereocenters. The number of hydrazone groups is 1. The summed E-state index contributed by atoms with van der Waals surface area (Å²) in [6.07, 6.45) is 6.86. The van der Waals surface area contributed by atoms with Gasteiger partial charge in [0.1, 0.15) is 40.1 Å². The highest BCUT2D eigenvalue weighted by Crippen LogP contribution is 2.41. The van der Waals surface area contributed by atoms with Crippen molar-refractivity contribution in [3.05, 3.63) is 67.7 Å². The third-order valence-corrected chi connectivity index (χ3v) is 12.0. The van der Waals surface area contributed by atoms with Gasteiger partial charge in [0.25, 0.3) is 11.8 Å². The van der Waals surface area contributed by atoms with Crippen LogP contribution in [-0.2, 0) is 38.9 Å². The number of thioether (sulfide) groups is 1. The summed E-state index contributed by atoms with van der Waals surface area (Å²) in [5.41, 5.74) is 6.83. The largest absolute Gasteiger partial charge is 0.477 e. The number of nitrogens with zero attached hydrogens (tertiary/aromatic N) is 8. The second-order valence-electron chi connectivity index (χ2n) is 12.5. The molecule has 2 atom stereocenters. The second-order valence-corrected chi connectivity index (χ2v) is 15.6. The number of nitrogens with one attached hydrogen (secondary N) is 1. The number of carbonyl (C=O) groups excluding carboxylic acids is 2. The van der Waals surface area contributed by atoms with Gasteiger partial charge in [0.2, 0.25) is 0 Å². The monoisotopic (exact) mass is 791 g/mol. The van der Waals surface area contributed by atoms with E-state index in [1.807, 2.05) is 31.5 Å². The molecule has 0 bridgehead atoms. The van der Waals surface area contributed by atoms with E-state index in [2.05, 4.69) is 20.6 Å². The average Bonchev–Trinajstić information content (AvgIpc) is 3.81. The molecule has 0 radical (unpaired) electrons. The van der Waals surface area contributed by atoms with Crippen LogP contribution in [0.3, 0.4) is 0 Å². The fourth-order valence-corrected chi connectivity index (χ4v) is 9.27. The number of carboxylic acids is 1. The molecule has 7 rings (SSSR count). The average molecular weight is 793 g/mol. The standard InChI is InChI=1S/C32H33Cl2FN10O5S2/c1-50-40-24(23-27(34)52-32(36)39-23)28(46)38-25-29(47)45-26(31(48)49)18(16-51-30(25)45)14-43-8-5-22-41(9-10-44(22)43)15-19-20(33)11-17(12-21(19)35)13-37-42-6-3-2-4-7-42/h5,8,11-13,25,30H,2-4,6-7,9-10,14-16H2,1H3,(H3-,36,38,39,46,48,49)/p+1/b37-13?,40-24-/t25-,30-/m1/s1. The Hall–Kier alpha value is -4.39. The number of halogens is 3. The third-order valence-electron chi connectivity index (χ3n) is 9.20. The zero-order valence-corrected chi connectivity index (χ0v) is 30.9. The number of anilines is 2. The molecule has 274 valence electrons. The highest BCUT2D eigenvalue weighted by atomic mass is 35.5. The lowest BCUT2D eigenvalue weighted by molar-refractivity contribution is -0.766. The number of aliphatic carboxylic acids is 1. The second kappa shape index (κ2) is 14.9. The van der Waals surface area contributed by atoms with Crippen molar-refractivity contribution >= 4 is 87.0 Å². The Labute approximate surface area is 315 Å². The topological polar surface area (TPSA) is 175 Å². The van der Waals surface area contributed by atoms with Crippen molar-refractivity contribution in [2.75, 3.05) is 43.1 Å². The van der Waals surface area contributed by atoms with Crippen molar-refractivity contribution < 1.29 is 33.4 Å². The van der Waals surface area contributed by atoms with E-state index in [1.165, 1.54) is 36.3 Å². The fourth-order valence-electron chi connectivity index (χ4n) is 6.73. The Morgan fingerprint density at radius 2 is 2.02 bits per heavy atom. The van der Waals surface area contributed by atoms with E-state index in [9.17, 15) is 19.5 Å². The van der Waals surface area contributed by atoms with Crippen LogP contribution in [0.4, 0.5) is 15.3 Å². The van der Waals surface area contributed by atoms with E-state index in [1.54, 1.807) is 12.3 Å². The van der Waals surface area contributed by atoms with Crippen LogP contribution < -0.4 is 20.6 Å². The maximum Gasteiger partial charge on any atom is 0.352 e. The molecule has 2 aromatic heterocycles. The zero-order valence-electron chi connectivity index (χ0n) is 27.8. The van der Waals surface area contributed by atoms with E-state index in [0.717, 1.165) is 43.1 Å². The summed E-state index contributed by atoms with van der Waals surface area (Å²) < 4.78 is 19.4. The van der Waals surface area contributed by atoms with Crippen molar-refractivity contribution in [2.24, 2.45) is 10.3 Å². The van der Waals surface area contributed by atoms with Gasteiger partial charge in [0.15, 0.2) is 29.4 Å². The molecule has 4 aliphatic heterocycles. The lowest BCUT2D eigenvalue weighted by Gasteiger charge is -2.49. The predicted molar refractivity (Wildman–Crippen MR) is 195 cm³/mol. The van der Waals surface area contributed by atoms with Crippen LogP contribution in [0.1, 0.15) is 36.1 Å². The molecule has 2 amide bonds. The van der Waals surface area contributed by atoms with Gasteiger partial charge in [-0.15, -0.1) is 21.1 Å². The molecule has 20 heteroatoms. The maximum absolute atomic E-state index is 15.4. The van der Waals surface area contributed by atoms with Crippen molar-refractivity contribution in [2.45, 2.75) is 50.3 Å². The van der Waals surface area contributed by atoms with Crippen LogP contribution in [0.5, 0.6) is 0 Å². The molecule has 0 saturated carbocycles. The number of amides is 2. The van der Waals surface area contributed by atoms with Gasteiger partial charge in [0, 0.05) is 48.1 Å². The molecule has 2 fully saturated rings. The van der Waals surface area contributed by atoms with Gasteiger partial charge in [-0.25, -0.2) is 14.2 Å². The lowest BCUT2D eigenvalue weighted by atomic mass is 10.0. The molecule has 2 saturated heterocycles. The highest BCUT2D eigenvalue weighted by molar-refractivity contribution is 8.00. The minimum Gasteiger partial charge on any atom is -0.477 e. The van der Waals surface area contributed by atoms with Crippen molar-refractivity contribution in [3.63, 3.8) is 0 Å². The molecule has 4 aliphatic rings. The van der Waals surface area contributed by atoms with Crippen molar-refractivity contribution in [1.29, 1.82) is 0 Å². The number of rotatable bonds is 11. The normalized spacial score (nSPS) is 20.3. The number of nitrogens with two attached hydrogens (primary N) is 1. The number of benzene rings is 1.